The van der Waals surface area contributed by atoms with Crippen LogP contribution in [0, 0.1) is 11.3 Å². The molecule has 1 aromatic rings. The topological polar surface area (TPSA) is 44.1 Å². The third kappa shape index (κ3) is 1.74. The van der Waals surface area contributed by atoms with Gasteiger partial charge in [-0.3, -0.25) is 4.79 Å². The van der Waals surface area contributed by atoms with Gasteiger partial charge in [0.05, 0.1) is 5.69 Å². The highest BCUT2D eigenvalue weighted by molar-refractivity contribution is 6.39. The predicted octanol–water partition coefficient (Wildman–Crippen LogP) is 1.70. The smallest absolute Gasteiger partial charge is 0.255 e. The average molecular weight is 181 g/mol. The summed E-state index contributed by atoms with van der Waals surface area (Å²) in [4.78, 5) is 10.7. The highest BCUT2D eigenvalue weighted by atomic mass is 35.5. The van der Waals surface area contributed by atoms with Crippen LogP contribution in [-0.4, -0.2) is 5.91 Å². The molecule has 0 radical (unpaired) electrons. The lowest BCUT2D eigenvalue weighted by molar-refractivity contribution is -0.112. The molecule has 0 aliphatic carbocycles. The molecular formula is C8H5ClN2O. The SMILES string of the molecule is N#CC(=O)N(Cl)c1ccccc1. The first-order chi connectivity index (χ1) is 5.75. The minimum atomic E-state index is -0.789. The van der Waals surface area contributed by atoms with Crippen molar-refractivity contribution >= 4 is 23.4 Å². The summed E-state index contributed by atoms with van der Waals surface area (Å²) < 4.78 is 0.778. The Hall–Kier alpha value is -1.53. The van der Waals surface area contributed by atoms with Crippen LogP contribution in [0.25, 0.3) is 0 Å². The maximum Gasteiger partial charge on any atom is 0.344 e. The lowest BCUT2D eigenvalue weighted by Crippen LogP contribution is -2.17. The zero-order chi connectivity index (χ0) is 8.97. The van der Waals surface area contributed by atoms with E-state index in [-0.39, 0.29) is 0 Å². The maximum atomic E-state index is 10.7. The number of carbonyl (C=O) groups is 1. The van der Waals surface area contributed by atoms with Gasteiger partial charge in [-0.15, -0.1) is 0 Å². The number of carbonyl (C=O) groups excluding carboxylic acids is 1. The molecule has 0 heterocycles. The number of para-hydroxylation sites is 1. The van der Waals surface area contributed by atoms with E-state index in [9.17, 15) is 4.79 Å². The van der Waals surface area contributed by atoms with E-state index in [1.54, 1.807) is 30.3 Å². The monoisotopic (exact) mass is 180 g/mol. The molecule has 0 saturated heterocycles. The lowest BCUT2D eigenvalue weighted by Gasteiger charge is -2.07. The molecule has 4 heteroatoms. The van der Waals surface area contributed by atoms with Gasteiger partial charge in [0.2, 0.25) is 0 Å². The van der Waals surface area contributed by atoms with Crippen LogP contribution in [0.1, 0.15) is 0 Å². The van der Waals surface area contributed by atoms with E-state index in [4.69, 9.17) is 17.0 Å². The first-order valence-corrected chi connectivity index (χ1v) is 3.54. The fourth-order valence-corrected chi connectivity index (χ4v) is 0.871. The van der Waals surface area contributed by atoms with E-state index in [2.05, 4.69) is 0 Å². The van der Waals surface area contributed by atoms with Gasteiger partial charge in [0.25, 0.3) is 0 Å². The van der Waals surface area contributed by atoms with Crippen LogP contribution in [0.2, 0.25) is 0 Å². The maximum absolute atomic E-state index is 10.7. The molecule has 0 atom stereocenters. The van der Waals surface area contributed by atoms with E-state index in [1.807, 2.05) is 0 Å². The highest BCUT2D eigenvalue weighted by Crippen LogP contribution is 2.14. The van der Waals surface area contributed by atoms with Crippen molar-refractivity contribution in [2.75, 3.05) is 4.42 Å². The first-order valence-electron chi connectivity index (χ1n) is 3.20. The minimum Gasteiger partial charge on any atom is -0.255 e. The zero-order valence-corrected chi connectivity index (χ0v) is 6.82. The van der Waals surface area contributed by atoms with Gasteiger partial charge in [-0.05, 0) is 12.1 Å². The van der Waals surface area contributed by atoms with E-state index in [0.717, 1.165) is 4.42 Å². The molecule has 60 valence electrons. The number of hydrogen-bond donors (Lipinski definition) is 0. The minimum absolute atomic E-state index is 0.491. The number of nitrogens with zero attached hydrogens (tertiary/aromatic N) is 2. The average Bonchev–Trinajstić information content (AvgIpc) is 2.17. The van der Waals surface area contributed by atoms with Crippen LogP contribution in [-0.2, 0) is 4.79 Å². The van der Waals surface area contributed by atoms with E-state index in [1.165, 1.54) is 6.07 Å². The standard InChI is InChI=1S/C8H5ClN2O/c9-11(8(12)6-10)7-4-2-1-3-5-7/h1-5H. The molecule has 0 bridgehead atoms. The van der Waals surface area contributed by atoms with Gasteiger partial charge in [0.1, 0.15) is 0 Å². The largest absolute Gasteiger partial charge is 0.344 e. The Morgan fingerprint density at radius 2 is 2.00 bits per heavy atom. The zero-order valence-electron chi connectivity index (χ0n) is 6.07. The van der Waals surface area contributed by atoms with Gasteiger partial charge in [0, 0.05) is 11.8 Å². The quantitative estimate of drug-likeness (QED) is 0.488. The van der Waals surface area contributed by atoms with Crippen LogP contribution < -0.4 is 4.42 Å². The second-order valence-corrected chi connectivity index (χ2v) is 2.37. The van der Waals surface area contributed by atoms with Gasteiger partial charge in [-0.2, -0.15) is 5.26 Å². The molecule has 1 rings (SSSR count). The van der Waals surface area contributed by atoms with Crippen molar-refractivity contribution in [3.8, 4) is 6.07 Å². The third-order valence-electron chi connectivity index (χ3n) is 1.26. The van der Waals surface area contributed by atoms with Gasteiger partial charge < -0.3 is 0 Å². The summed E-state index contributed by atoms with van der Waals surface area (Å²) in [6.07, 6.45) is 0. The molecule has 0 aliphatic rings. The Labute approximate surface area is 74.9 Å². The summed E-state index contributed by atoms with van der Waals surface area (Å²) in [5.74, 6) is -0.789. The summed E-state index contributed by atoms with van der Waals surface area (Å²) in [5, 5.41) is 8.24. The van der Waals surface area contributed by atoms with Gasteiger partial charge in [0.15, 0.2) is 6.07 Å². The Balaban J connectivity index is 2.87. The van der Waals surface area contributed by atoms with Crippen LogP contribution in [0.15, 0.2) is 30.3 Å². The normalized spacial score (nSPS) is 8.67. The molecule has 0 unspecified atom stereocenters. The van der Waals surface area contributed by atoms with Crippen LogP contribution >= 0.6 is 11.8 Å². The van der Waals surface area contributed by atoms with Crippen molar-refractivity contribution in [2.45, 2.75) is 0 Å². The summed E-state index contributed by atoms with van der Waals surface area (Å²) in [6.45, 7) is 0. The number of amides is 1. The summed E-state index contributed by atoms with van der Waals surface area (Å²) in [7, 11) is 0. The second-order valence-electron chi connectivity index (χ2n) is 2.03. The van der Waals surface area contributed by atoms with E-state index in [0.29, 0.717) is 5.69 Å². The van der Waals surface area contributed by atoms with Gasteiger partial charge in [-0.1, -0.05) is 18.2 Å². The number of anilines is 1. The predicted molar refractivity (Wildman–Crippen MR) is 45.4 cm³/mol. The van der Waals surface area contributed by atoms with Gasteiger partial charge >= 0.3 is 5.91 Å². The summed E-state index contributed by atoms with van der Waals surface area (Å²) in [6, 6.07) is 9.96. The van der Waals surface area contributed by atoms with Crippen molar-refractivity contribution in [1.82, 2.24) is 0 Å². The Bertz CT molecular complexity index is 318. The Morgan fingerprint density at radius 1 is 1.42 bits per heavy atom. The fraction of sp³-hybridized carbons (Fsp3) is 0. The van der Waals surface area contributed by atoms with Crippen molar-refractivity contribution in [2.24, 2.45) is 0 Å². The molecule has 0 saturated carbocycles. The van der Waals surface area contributed by atoms with Crippen molar-refractivity contribution in [3.05, 3.63) is 30.3 Å². The van der Waals surface area contributed by atoms with E-state index >= 15 is 0 Å². The molecule has 0 N–H and O–H groups in total. The highest BCUT2D eigenvalue weighted by Gasteiger charge is 2.10. The number of rotatable bonds is 1. The number of hydrogen-bond acceptors (Lipinski definition) is 2. The Morgan fingerprint density at radius 3 is 2.50 bits per heavy atom. The molecule has 0 spiro atoms. The van der Waals surface area contributed by atoms with Crippen molar-refractivity contribution in [1.29, 1.82) is 5.26 Å². The lowest BCUT2D eigenvalue weighted by atomic mass is 10.3. The van der Waals surface area contributed by atoms with Crippen LogP contribution in [0.5, 0.6) is 0 Å². The second kappa shape index (κ2) is 3.74. The van der Waals surface area contributed by atoms with Crippen LogP contribution in [0.3, 0.4) is 0 Å². The van der Waals surface area contributed by atoms with Crippen molar-refractivity contribution < 1.29 is 4.79 Å². The summed E-state index contributed by atoms with van der Waals surface area (Å²) >= 11 is 5.52. The Kier molecular flexibility index (Phi) is 2.67. The third-order valence-corrected chi connectivity index (χ3v) is 1.61. The summed E-state index contributed by atoms with van der Waals surface area (Å²) in [5.41, 5.74) is 0.491. The fourth-order valence-electron chi connectivity index (χ4n) is 0.720. The molecule has 0 fully saturated rings. The number of benzene rings is 1. The molecule has 3 nitrogen and oxygen atoms in total. The molecule has 12 heavy (non-hydrogen) atoms. The molecule has 0 aliphatic heterocycles. The molecule has 1 aromatic carbocycles. The van der Waals surface area contributed by atoms with E-state index < -0.39 is 5.91 Å². The van der Waals surface area contributed by atoms with Gasteiger partial charge in [-0.25, -0.2) is 4.42 Å². The molecule has 0 aromatic heterocycles. The molecular weight excluding hydrogens is 176 g/mol. The van der Waals surface area contributed by atoms with Crippen LogP contribution in [0.4, 0.5) is 5.69 Å². The first kappa shape index (κ1) is 8.57. The number of halogens is 1. The number of nitriles is 1. The van der Waals surface area contributed by atoms with Crippen molar-refractivity contribution in [3.63, 3.8) is 0 Å². The molecule has 1 amide bonds.